The van der Waals surface area contributed by atoms with Crippen LogP contribution in [-0.4, -0.2) is 126 Å². The monoisotopic (exact) mass is 964 g/mol. The Kier molecular flexibility index (Phi) is 13.3. The van der Waals surface area contributed by atoms with Crippen molar-refractivity contribution >= 4 is 70.2 Å². The van der Waals surface area contributed by atoms with Gasteiger partial charge in [0.05, 0.1) is 54.3 Å². The molecule has 1 aromatic heterocycles. The first-order valence-electron chi connectivity index (χ1n) is 23.3. The zero-order valence-electron chi connectivity index (χ0n) is 38.5. The molecule has 4 N–H and O–H groups in total. The molecule has 9 rings (SSSR count). The number of carbonyl (C=O) groups excluding carboxylic acids is 7. The van der Waals surface area contributed by atoms with Gasteiger partial charge < -0.3 is 35.4 Å². The van der Waals surface area contributed by atoms with Crippen LogP contribution in [0.2, 0.25) is 0 Å². The maximum absolute atomic E-state index is 15.7. The Morgan fingerprint density at radius 3 is 2.36 bits per heavy atom. The number of likely N-dealkylation sites (tertiary alicyclic amines) is 1. The molecule has 3 fully saturated rings. The first-order valence-corrected chi connectivity index (χ1v) is 23.3. The van der Waals surface area contributed by atoms with Crippen molar-refractivity contribution in [1.29, 1.82) is 0 Å². The molecule has 5 heterocycles. The standard InChI is InChI=1S/C49H51F3N10O8/c1-59-37-25-53-48(58-42(37)61(30-6-3-4-7-30)26-49(51,52)47(59)69)56-35-24-33(50)32(23-38(35)70-2)43(65)54-29-17-20-60(21-18-29)19-16-27-10-12-28(13-11-27)22-40(64)55-34-9-5-8-31-41(34)46(68)62(45(31)67)36-14-15-39(63)57-44(36)66/h5,8-13,23-25,29-30,36H,3-4,6-7,14-22,26H2,1-2H3,(H,54,65)(H,55,64)(H,53,56,58)(H,57,63,66). The Balaban J connectivity index is 0.752. The molecule has 7 amide bonds. The number of hydrogen-bond acceptors (Lipinski definition) is 13. The Hall–Kier alpha value is -7.42. The fourth-order valence-corrected chi connectivity index (χ4v) is 9.89. The predicted molar refractivity (Wildman–Crippen MR) is 249 cm³/mol. The number of imide groups is 2. The van der Waals surface area contributed by atoms with Crippen molar-refractivity contribution in [3.63, 3.8) is 0 Å². The summed E-state index contributed by atoms with van der Waals surface area (Å²) in [6, 6.07) is 12.9. The van der Waals surface area contributed by atoms with Crippen molar-refractivity contribution in [2.45, 2.75) is 88.3 Å². The van der Waals surface area contributed by atoms with Gasteiger partial charge in [-0.05, 0) is 67.9 Å². The lowest BCUT2D eigenvalue weighted by Gasteiger charge is -2.32. The Labute approximate surface area is 400 Å². The molecule has 4 aliphatic heterocycles. The number of methoxy groups -OCH3 is 1. The summed E-state index contributed by atoms with van der Waals surface area (Å²) in [5.74, 6) is -9.16. The van der Waals surface area contributed by atoms with Crippen molar-refractivity contribution in [1.82, 2.24) is 30.4 Å². The third-order valence-electron chi connectivity index (χ3n) is 13.7. The summed E-state index contributed by atoms with van der Waals surface area (Å²) in [5, 5.41) is 10.8. The van der Waals surface area contributed by atoms with E-state index in [9.17, 15) is 33.6 Å². The summed E-state index contributed by atoms with van der Waals surface area (Å²) in [7, 11) is 2.62. The van der Waals surface area contributed by atoms with Crippen LogP contribution in [0.25, 0.3) is 0 Å². The smallest absolute Gasteiger partial charge is 0.342 e. The van der Waals surface area contributed by atoms with Gasteiger partial charge in [-0.1, -0.05) is 43.2 Å². The molecule has 1 saturated carbocycles. The van der Waals surface area contributed by atoms with E-state index in [0.717, 1.165) is 52.8 Å². The zero-order valence-corrected chi connectivity index (χ0v) is 38.5. The topological polar surface area (TPSA) is 216 Å². The number of carbonyl (C=O) groups is 7. The average Bonchev–Trinajstić information content (AvgIpc) is 3.95. The van der Waals surface area contributed by atoms with Crippen LogP contribution in [0, 0.1) is 5.82 Å². The van der Waals surface area contributed by atoms with Crippen molar-refractivity contribution < 1.29 is 51.5 Å². The molecule has 3 aromatic carbocycles. The highest BCUT2D eigenvalue weighted by molar-refractivity contribution is 6.26. The number of rotatable bonds is 13. The highest BCUT2D eigenvalue weighted by Gasteiger charge is 2.49. The van der Waals surface area contributed by atoms with Crippen molar-refractivity contribution in [2.75, 3.05) is 60.8 Å². The summed E-state index contributed by atoms with van der Waals surface area (Å²) < 4.78 is 51.4. The molecule has 18 nitrogen and oxygen atoms in total. The van der Waals surface area contributed by atoms with Gasteiger partial charge in [-0.3, -0.25) is 43.8 Å². The second-order valence-corrected chi connectivity index (χ2v) is 18.3. The van der Waals surface area contributed by atoms with E-state index in [1.807, 2.05) is 24.3 Å². The SMILES string of the molecule is COc1cc(C(=O)NC2CCN(CCc3ccc(CC(=O)Nc4cccc5c4C(=O)N(C4CCC(=O)NC4=O)C5=O)cc3)CC2)c(F)cc1Nc1ncc2c(n1)N(C1CCCC1)CC(F)(F)C(=O)N2C. The third-order valence-corrected chi connectivity index (χ3v) is 13.7. The summed E-state index contributed by atoms with van der Waals surface area (Å²) >= 11 is 0. The molecule has 1 aliphatic carbocycles. The minimum Gasteiger partial charge on any atom is -0.495 e. The van der Waals surface area contributed by atoms with Crippen molar-refractivity contribution in [2.24, 2.45) is 0 Å². The molecule has 4 aromatic rings. The quantitative estimate of drug-likeness (QED) is 0.133. The number of anilines is 5. The minimum absolute atomic E-state index is 0.000248. The number of hydrogen-bond donors (Lipinski definition) is 4. The summed E-state index contributed by atoms with van der Waals surface area (Å²) in [5.41, 5.74) is 2.01. The van der Waals surface area contributed by atoms with Crippen molar-refractivity contribution in [3.8, 4) is 5.75 Å². The second-order valence-electron chi connectivity index (χ2n) is 18.3. The lowest BCUT2D eigenvalue weighted by atomic mass is 10.0. The van der Waals surface area contributed by atoms with Crippen molar-refractivity contribution in [3.05, 3.63) is 94.4 Å². The fourth-order valence-electron chi connectivity index (χ4n) is 9.89. The maximum atomic E-state index is 15.7. The lowest BCUT2D eigenvalue weighted by Crippen LogP contribution is -2.54. The summed E-state index contributed by atoms with van der Waals surface area (Å²) in [6.45, 7) is 1.31. The van der Waals surface area contributed by atoms with Crippen LogP contribution in [0.3, 0.4) is 0 Å². The van der Waals surface area contributed by atoms with Crippen LogP contribution >= 0.6 is 0 Å². The molecular formula is C49H51F3N10O8. The first-order chi connectivity index (χ1) is 33.6. The molecule has 366 valence electrons. The van der Waals surface area contributed by atoms with E-state index >= 15 is 13.2 Å². The van der Waals surface area contributed by atoms with E-state index in [1.54, 1.807) is 6.07 Å². The highest BCUT2D eigenvalue weighted by atomic mass is 19.3. The number of ether oxygens (including phenoxy) is 1. The molecule has 5 aliphatic rings. The van der Waals surface area contributed by atoms with E-state index in [1.165, 1.54) is 43.5 Å². The van der Waals surface area contributed by atoms with E-state index in [0.29, 0.717) is 38.8 Å². The molecule has 1 atom stereocenters. The van der Waals surface area contributed by atoms with Gasteiger partial charge in [0.1, 0.15) is 23.3 Å². The number of aromatic nitrogens is 2. The molecule has 1 unspecified atom stereocenters. The van der Waals surface area contributed by atoms with E-state index in [2.05, 4.69) is 36.1 Å². The van der Waals surface area contributed by atoms with Gasteiger partial charge in [0.25, 0.3) is 23.6 Å². The number of amides is 7. The molecule has 0 spiro atoms. The Bertz CT molecular complexity index is 2780. The Morgan fingerprint density at radius 1 is 0.914 bits per heavy atom. The van der Waals surface area contributed by atoms with Gasteiger partial charge in [0.2, 0.25) is 23.7 Å². The van der Waals surface area contributed by atoms with Crippen LogP contribution in [-0.2, 0) is 32.0 Å². The van der Waals surface area contributed by atoms with E-state index in [-0.39, 0.29) is 82.6 Å². The molecular weight excluding hydrogens is 914 g/mol. The lowest BCUT2D eigenvalue weighted by molar-refractivity contribution is -0.140. The molecule has 0 radical (unpaired) electrons. The number of halogens is 3. The summed E-state index contributed by atoms with van der Waals surface area (Å²) in [4.78, 5) is 104. The van der Waals surface area contributed by atoms with Gasteiger partial charge in [-0.25, -0.2) is 9.37 Å². The van der Waals surface area contributed by atoms with Crippen LogP contribution in [0.4, 0.5) is 42.0 Å². The average molecular weight is 965 g/mol. The highest BCUT2D eigenvalue weighted by Crippen LogP contribution is 2.40. The van der Waals surface area contributed by atoms with E-state index < -0.39 is 65.7 Å². The molecule has 21 heteroatoms. The fraction of sp³-hybridized carbons (Fsp3) is 0.408. The zero-order chi connectivity index (χ0) is 49.4. The van der Waals surface area contributed by atoms with Crippen LogP contribution in [0.5, 0.6) is 5.75 Å². The molecule has 0 bridgehead atoms. The maximum Gasteiger partial charge on any atom is 0.342 e. The minimum atomic E-state index is -3.65. The third kappa shape index (κ3) is 9.61. The van der Waals surface area contributed by atoms with E-state index in [4.69, 9.17) is 4.74 Å². The van der Waals surface area contributed by atoms with Crippen LogP contribution in [0.15, 0.2) is 60.8 Å². The number of piperidine rings is 2. The Morgan fingerprint density at radius 2 is 1.64 bits per heavy atom. The second kappa shape index (κ2) is 19.5. The summed E-state index contributed by atoms with van der Waals surface area (Å²) in [6.07, 6.45) is 6.36. The predicted octanol–water partition coefficient (Wildman–Crippen LogP) is 4.75. The van der Waals surface area contributed by atoms with Gasteiger partial charge in [0.15, 0.2) is 5.82 Å². The number of alkyl halides is 2. The number of nitrogens with one attached hydrogen (secondary N) is 4. The number of fused-ring (bicyclic) bond motifs is 2. The molecule has 2 saturated heterocycles. The largest absolute Gasteiger partial charge is 0.495 e. The van der Waals surface area contributed by atoms with Gasteiger partial charge >= 0.3 is 5.92 Å². The molecule has 70 heavy (non-hydrogen) atoms. The van der Waals surface area contributed by atoms with Crippen LogP contribution < -0.4 is 35.8 Å². The van der Waals surface area contributed by atoms with Crippen LogP contribution in [0.1, 0.15) is 93.6 Å². The first kappa shape index (κ1) is 47.6. The van der Waals surface area contributed by atoms with Gasteiger partial charge in [-0.2, -0.15) is 13.8 Å². The number of nitrogens with zero attached hydrogens (tertiary/aromatic N) is 6. The van der Waals surface area contributed by atoms with Gasteiger partial charge in [-0.15, -0.1) is 0 Å². The number of benzene rings is 3. The normalized spacial score (nSPS) is 19.7. The van der Waals surface area contributed by atoms with Gasteiger partial charge in [0, 0.05) is 51.3 Å².